The highest BCUT2D eigenvalue weighted by Crippen LogP contribution is 2.36. The quantitative estimate of drug-likeness (QED) is 0.709. The van der Waals surface area contributed by atoms with Crippen molar-refractivity contribution in [2.24, 2.45) is 5.92 Å². The molecule has 31 heavy (non-hydrogen) atoms. The Kier molecular flexibility index (Phi) is 6.90. The number of sulfonamides is 1. The molecule has 0 radical (unpaired) electrons. The van der Waals surface area contributed by atoms with Gasteiger partial charge in [-0.2, -0.15) is 17.5 Å². The van der Waals surface area contributed by atoms with Gasteiger partial charge in [-0.05, 0) is 44.0 Å². The van der Waals surface area contributed by atoms with E-state index in [0.29, 0.717) is 18.0 Å². The van der Waals surface area contributed by atoms with Crippen molar-refractivity contribution < 1.29 is 31.1 Å². The summed E-state index contributed by atoms with van der Waals surface area (Å²) in [5, 5.41) is 2.79. The van der Waals surface area contributed by atoms with Crippen LogP contribution in [0.3, 0.4) is 0 Å². The van der Waals surface area contributed by atoms with Gasteiger partial charge in [-0.15, -0.1) is 0 Å². The summed E-state index contributed by atoms with van der Waals surface area (Å²) in [5.41, 5.74) is -0.630. The van der Waals surface area contributed by atoms with Crippen molar-refractivity contribution in [3.63, 3.8) is 0 Å². The number of ether oxygens (including phenoxy) is 1. The normalized spacial score (nSPS) is 16.1. The van der Waals surface area contributed by atoms with Gasteiger partial charge in [-0.25, -0.2) is 8.42 Å². The molecule has 1 saturated heterocycles. The van der Waals surface area contributed by atoms with Crippen molar-refractivity contribution in [1.29, 1.82) is 0 Å². The van der Waals surface area contributed by atoms with Gasteiger partial charge in [0, 0.05) is 30.8 Å². The molecule has 1 aliphatic heterocycles. The van der Waals surface area contributed by atoms with E-state index in [4.69, 9.17) is 4.74 Å². The minimum atomic E-state index is -4.78. The molecular weight excluding hydrogens is 433 g/mol. The fraction of sp³-hybridized carbons (Fsp3) is 0.381. The number of carbonyl (C=O) groups is 1. The lowest BCUT2D eigenvalue weighted by molar-refractivity contribution is -0.139. The molecule has 6 nitrogen and oxygen atoms in total. The zero-order chi connectivity index (χ0) is 22.6. The van der Waals surface area contributed by atoms with Gasteiger partial charge in [0.15, 0.2) is 0 Å². The van der Waals surface area contributed by atoms with E-state index in [9.17, 15) is 26.4 Å². The fourth-order valence-electron chi connectivity index (χ4n) is 3.50. The standard InChI is InChI=1S/C21H23F3N2O4S/c1-2-30-17-7-5-6-16(14-17)25-20(27)15-10-12-26(13-11-15)31(28,29)19-9-4-3-8-18(19)21(22,23)24/h3-9,14-15H,2,10-13H2,1H3,(H,25,27). The molecule has 168 valence electrons. The fourth-order valence-corrected chi connectivity index (χ4v) is 5.18. The van der Waals surface area contributed by atoms with Gasteiger partial charge in [0.25, 0.3) is 0 Å². The topological polar surface area (TPSA) is 75.7 Å². The van der Waals surface area contributed by atoms with Crippen LogP contribution in [0, 0.1) is 5.92 Å². The molecule has 3 rings (SSSR count). The van der Waals surface area contributed by atoms with Crippen molar-refractivity contribution in [2.75, 3.05) is 25.0 Å². The van der Waals surface area contributed by atoms with E-state index in [-0.39, 0.29) is 31.8 Å². The highest BCUT2D eigenvalue weighted by Gasteiger charge is 2.40. The molecule has 1 heterocycles. The monoisotopic (exact) mass is 456 g/mol. The average Bonchev–Trinajstić information content (AvgIpc) is 2.74. The third-order valence-electron chi connectivity index (χ3n) is 5.05. The van der Waals surface area contributed by atoms with E-state index in [0.717, 1.165) is 22.5 Å². The summed E-state index contributed by atoms with van der Waals surface area (Å²) >= 11 is 0. The zero-order valence-electron chi connectivity index (χ0n) is 16.9. The molecule has 0 saturated carbocycles. The number of nitrogens with one attached hydrogen (secondary N) is 1. The number of hydrogen-bond donors (Lipinski definition) is 1. The third-order valence-corrected chi connectivity index (χ3v) is 7.00. The van der Waals surface area contributed by atoms with Crippen LogP contribution in [0.5, 0.6) is 5.75 Å². The number of benzene rings is 2. The number of hydrogen-bond acceptors (Lipinski definition) is 4. The Hall–Kier alpha value is -2.59. The molecular formula is C21H23F3N2O4S. The zero-order valence-corrected chi connectivity index (χ0v) is 17.7. The maximum atomic E-state index is 13.3. The maximum absolute atomic E-state index is 13.3. The molecule has 10 heteroatoms. The first-order valence-electron chi connectivity index (χ1n) is 9.83. The number of piperidine rings is 1. The number of anilines is 1. The third kappa shape index (κ3) is 5.37. The summed E-state index contributed by atoms with van der Waals surface area (Å²) in [6.07, 6.45) is -4.35. The number of nitrogens with zero attached hydrogens (tertiary/aromatic N) is 1. The second kappa shape index (κ2) is 9.27. The minimum absolute atomic E-state index is 0.0361. The molecule has 0 unspecified atom stereocenters. The molecule has 1 N–H and O–H groups in total. The smallest absolute Gasteiger partial charge is 0.417 e. The average molecular weight is 456 g/mol. The van der Waals surface area contributed by atoms with Crippen LogP contribution in [0.2, 0.25) is 0 Å². The van der Waals surface area contributed by atoms with E-state index in [2.05, 4.69) is 5.32 Å². The van der Waals surface area contributed by atoms with Crippen molar-refractivity contribution >= 4 is 21.6 Å². The first kappa shape index (κ1) is 23.1. The summed E-state index contributed by atoms with van der Waals surface area (Å²) in [5.74, 6) is -0.0917. The van der Waals surface area contributed by atoms with Crippen LogP contribution >= 0.6 is 0 Å². The second-order valence-corrected chi connectivity index (χ2v) is 9.03. The van der Waals surface area contributed by atoms with Gasteiger partial charge >= 0.3 is 6.18 Å². The lowest BCUT2D eigenvalue weighted by atomic mass is 9.97. The molecule has 1 aliphatic rings. The van der Waals surface area contributed by atoms with Crippen molar-refractivity contribution in [1.82, 2.24) is 4.31 Å². The SMILES string of the molecule is CCOc1cccc(NC(=O)C2CCN(S(=O)(=O)c3ccccc3C(F)(F)F)CC2)c1. The van der Waals surface area contributed by atoms with E-state index in [1.807, 2.05) is 6.92 Å². The number of carbonyl (C=O) groups excluding carboxylic acids is 1. The summed E-state index contributed by atoms with van der Waals surface area (Å²) in [6, 6.07) is 11.0. The van der Waals surface area contributed by atoms with E-state index in [1.54, 1.807) is 24.3 Å². The van der Waals surface area contributed by atoms with Crippen LogP contribution in [0.1, 0.15) is 25.3 Å². The van der Waals surface area contributed by atoms with Gasteiger partial charge in [-0.3, -0.25) is 4.79 Å². The Morgan fingerprint density at radius 3 is 2.45 bits per heavy atom. The predicted octanol–water partition coefficient (Wildman–Crippen LogP) is 4.14. The van der Waals surface area contributed by atoms with Crippen molar-refractivity contribution in [3.8, 4) is 5.75 Å². The molecule has 2 aromatic rings. The molecule has 1 fully saturated rings. The van der Waals surface area contributed by atoms with Crippen LogP contribution < -0.4 is 10.1 Å². The van der Waals surface area contributed by atoms with Crippen LogP contribution in [-0.4, -0.2) is 38.3 Å². The van der Waals surface area contributed by atoms with Gasteiger partial charge < -0.3 is 10.1 Å². The Labute approximate surface area is 179 Å². The van der Waals surface area contributed by atoms with Crippen LogP contribution in [0.25, 0.3) is 0 Å². The maximum Gasteiger partial charge on any atom is 0.417 e. The molecule has 0 aromatic heterocycles. The summed E-state index contributed by atoms with van der Waals surface area (Å²) < 4.78 is 71.8. The lowest BCUT2D eigenvalue weighted by Crippen LogP contribution is -2.41. The number of halogens is 3. The molecule has 0 aliphatic carbocycles. The van der Waals surface area contributed by atoms with Gasteiger partial charge in [0.05, 0.1) is 17.1 Å². The van der Waals surface area contributed by atoms with Gasteiger partial charge in [-0.1, -0.05) is 18.2 Å². The first-order valence-corrected chi connectivity index (χ1v) is 11.3. The molecule has 0 bridgehead atoms. The predicted molar refractivity (Wildman–Crippen MR) is 109 cm³/mol. The Bertz CT molecular complexity index is 1030. The van der Waals surface area contributed by atoms with Crippen LogP contribution in [0.4, 0.5) is 18.9 Å². The Balaban J connectivity index is 1.67. The van der Waals surface area contributed by atoms with Crippen molar-refractivity contribution in [2.45, 2.75) is 30.8 Å². The molecule has 2 aromatic carbocycles. The van der Waals surface area contributed by atoms with Crippen LogP contribution in [-0.2, 0) is 21.0 Å². The van der Waals surface area contributed by atoms with Crippen LogP contribution in [0.15, 0.2) is 53.4 Å². The van der Waals surface area contributed by atoms with Crippen molar-refractivity contribution in [3.05, 3.63) is 54.1 Å². The highest BCUT2D eigenvalue weighted by molar-refractivity contribution is 7.89. The second-order valence-electron chi connectivity index (χ2n) is 7.12. The van der Waals surface area contributed by atoms with Gasteiger partial charge in [0.2, 0.25) is 15.9 Å². The Morgan fingerprint density at radius 2 is 1.81 bits per heavy atom. The molecule has 0 atom stereocenters. The summed E-state index contributed by atoms with van der Waals surface area (Å²) in [6.45, 7) is 2.26. The number of alkyl halides is 3. The highest BCUT2D eigenvalue weighted by atomic mass is 32.2. The molecule has 0 spiro atoms. The first-order chi connectivity index (χ1) is 14.6. The van der Waals surface area contributed by atoms with E-state index >= 15 is 0 Å². The number of rotatable bonds is 6. The Morgan fingerprint density at radius 1 is 1.13 bits per heavy atom. The lowest BCUT2D eigenvalue weighted by Gasteiger charge is -2.31. The minimum Gasteiger partial charge on any atom is -0.494 e. The summed E-state index contributed by atoms with van der Waals surface area (Å²) in [4.78, 5) is 11.8. The largest absolute Gasteiger partial charge is 0.494 e. The van der Waals surface area contributed by atoms with Gasteiger partial charge in [0.1, 0.15) is 5.75 Å². The van der Waals surface area contributed by atoms with E-state index < -0.39 is 32.6 Å². The summed E-state index contributed by atoms with van der Waals surface area (Å²) in [7, 11) is -4.33. The van der Waals surface area contributed by atoms with E-state index in [1.165, 1.54) is 6.07 Å². The molecule has 1 amide bonds. The number of amides is 1.